The Morgan fingerprint density at radius 2 is 1.82 bits per heavy atom. The predicted molar refractivity (Wildman–Crippen MR) is 137 cm³/mol. The van der Waals surface area contributed by atoms with Crippen LogP contribution in [0.2, 0.25) is 0 Å². The third-order valence-electron chi connectivity index (χ3n) is 6.35. The molecule has 1 saturated heterocycles. The standard InChI is InChI=1S/C26H34N4O3S/c1-4-5-15-27-25(31)18-28-26(32)19-30(34(3)33)22-13-16-29(17-14-22)20(2)23-12-8-10-21-9-6-7-11-24(21)23/h6-12,20,22H,13-19H2,1-3H3,(H,27,31)(H,28,32). The molecule has 2 atom stereocenters. The molecule has 7 nitrogen and oxygen atoms in total. The third kappa shape index (κ3) is 6.89. The number of carbonyl (C=O) groups is 2. The Hall–Kier alpha value is -2.73. The third-order valence-corrected chi connectivity index (χ3v) is 7.44. The summed E-state index contributed by atoms with van der Waals surface area (Å²) in [6, 6.07) is 15.2. The molecule has 8 heteroatoms. The number of hydrogen-bond donors (Lipinski definition) is 2. The number of benzene rings is 2. The molecule has 2 unspecified atom stereocenters. The number of carbonyl (C=O) groups excluding carboxylic acids is 2. The van der Waals surface area contributed by atoms with E-state index in [9.17, 15) is 13.8 Å². The number of nitrogens with zero attached hydrogens (tertiary/aromatic N) is 2. The number of likely N-dealkylation sites (tertiary alicyclic amines) is 1. The molecule has 1 aliphatic rings. The molecule has 0 radical (unpaired) electrons. The van der Waals surface area contributed by atoms with Crippen LogP contribution >= 0.6 is 0 Å². The molecule has 0 spiro atoms. The van der Waals surface area contributed by atoms with Crippen LogP contribution in [0.4, 0.5) is 0 Å². The highest BCUT2D eigenvalue weighted by Gasteiger charge is 2.30. The quantitative estimate of drug-likeness (QED) is 0.537. The molecular formula is C26H34N4O3S. The second-order valence-corrected chi connectivity index (χ2v) is 9.81. The van der Waals surface area contributed by atoms with E-state index in [1.165, 1.54) is 16.3 Å². The first-order chi connectivity index (χ1) is 16.4. The Balaban J connectivity index is 1.54. The van der Waals surface area contributed by atoms with Crippen LogP contribution in [0.3, 0.4) is 0 Å². The largest absolute Gasteiger partial charge is 0.346 e. The number of rotatable bonds is 9. The summed E-state index contributed by atoms with van der Waals surface area (Å²) in [7, 11) is -1.28. The molecular weight excluding hydrogens is 448 g/mol. The van der Waals surface area contributed by atoms with Gasteiger partial charge in [-0.05, 0) is 43.0 Å². The maximum Gasteiger partial charge on any atom is 0.240 e. The summed E-state index contributed by atoms with van der Waals surface area (Å²) in [5.74, 6) is 4.83. The summed E-state index contributed by atoms with van der Waals surface area (Å²) in [5, 5.41) is 7.74. The summed E-state index contributed by atoms with van der Waals surface area (Å²) in [4.78, 5) is 26.6. The topological polar surface area (TPSA) is 81.8 Å². The Morgan fingerprint density at radius 1 is 1.12 bits per heavy atom. The molecule has 2 aromatic carbocycles. The van der Waals surface area contributed by atoms with Gasteiger partial charge < -0.3 is 10.6 Å². The lowest BCUT2D eigenvalue weighted by atomic mass is 9.96. The Morgan fingerprint density at radius 3 is 2.53 bits per heavy atom. The molecule has 3 rings (SSSR count). The molecule has 182 valence electrons. The van der Waals surface area contributed by atoms with E-state index in [4.69, 9.17) is 0 Å². The van der Waals surface area contributed by atoms with E-state index in [-0.39, 0.29) is 43.5 Å². The lowest BCUT2D eigenvalue weighted by molar-refractivity contribution is -0.126. The van der Waals surface area contributed by atoms with Crippen molar-refractivity contribution in [1.82, 2.24) is 19.8 Å². The van der Waals surface area contributed by atoms with Gasteiger partial charge in [-0.25, -0.2) is 8.51 Å². The van der Waals surface area contributed by atoms with E-state index in [2.05, 4.69) is 76.8 Å². The summed E-state index contributed by atoms with van der Waals surface area (Å²) in [6.07, 6.45) is 3.27. The van der Waals surface area contributed by atoms with Crippen molar-refractivity contribution in [2.45, 2.75) is 38.8 Å². The molecule has 1 aliphatic heterocycles. The zero-order chi connectivity index (χ0) is 24.5. The number of piperidine rings is 1. The minimum atomic E-state index is -1.28. The summed E-state index contributed by atoms with van der Waals surface area (Å²) >= 11 is 0. The minimum absolute atomic E-state index is 0.00863. The summed E-state index contributed by atoms with van der Waals surface area (Å²) < 4.78 is 14.2. The average molecular weight is 483 g/mol. The molecule has 1 heterocycles. The van der Waals surface area contributed by atoms with Crippen LogP contribution in [-0.4, -0.2) is 70.2 Å². The van der Waals surface area contributed by atoms with Gasteiger partial charge in [-0.15, -0.1) is 5.92 Å². The fraction of sp³-hybridized carbons (Fsp3) is 0.462. The van der Waals surface area contributed by atoms with Crippen LogP contribution in [0.1, 0.15) is 38.3 Å². The first-order valence-electron chi connectivity index (χ1n) is 11.7. The zero-order valence-corrected chi connectivity index (χ0v) is 21.0. The van der Waals surface area contributed by atoms with Gasteiger partial charge in [0.25, 0.3) is 0 Å². The molecule has 2 amide bonds. The summed E-state index contributed by atoms with van der Waals surface area (Å²) in [5.41, 5.74) is 1.31. The maximum absolute atomic E-state index is 12.4. The van der Waals surface area contributed by atoms with Crippen LogP contribution in [0, 0.1) is 11.8 Å². The number of nitrogens with one attached hydrogen (secondary N) is 2. The van der Waals surface area contributed by atoms with Crippen molar-refractivity contribution >= 4 is 33.6 Å². The van der Waals surface area contributed by atoms with E-state index in [0.717, 1.165) is 25.9 Å². The lowest BCUT2D eigenvalue weighted by Gasteiger charge is -2.39. The molecule has 0 bridgehead atoms. The molecule has 1 fully saturated rings. The fourth-order valence-electron chi connectivity index (χ4n) is 4.47. The second-order valence-electron chi connectivity index (χ2n) is 8.49. The van der Waals surface area contributed by atoms with Gasteiger partial charge in [-0.3, -0.25) is 14.5 Å². The highest BCUT2D eigenvalue weighted by atomic mass is 32.2. The van der Waals surface area contributed by atoms with E-state index in [1.54, 1.807) is 17.5 Å². The SMILES string of the molecule is CC#CCNC(=O)CNC(=O)CN(C1CCN(C(C)c2cccc3ccccc23)CC1)S(C)=O. The second kappa shape index (κ2) is 12.7. The minimum Gasteiger partial charge on any atom is -0.346 e. The van der Waals surface area contributed by atoms with Gasteiger partial charge in [0.1, 0.15) is 0 Å². The smallest absolute Gasteiger partial charge is 0.240 e. The molecule has 34 heavy (non-hydrogen) atoms. The zero-order valence-electron chi connectivity index (χ0n) is 20.2. The van der Waals surface area contributed by atoms with Crippen molar-refractivity contribution in [2.24, 2.45) is 0 Å². The molecule has 0 aliphatic carbocycles. The molecule has 2 aromatic rings. The normalized spacial score (nSPS) is 16.5. The van der Waals surface area contributed by atoms with Gasteiger partial charge in [0.2, 0.25) is 11.8 Å². The van der Waals surface area contributed by atoms with Crippen LogP contribution in [0.25, 0.3) is 10.8 Å². The van der Waals surface area contributed by atoms with Crippen LogP contribution in [-0.2, 0) is 20.6 Å². The lowest BCUT2D eigenvalue weighted by Crippen LogP contribution is -2.49. The van der Waals surface area contributed by atoms with Gasteiger partial charge in [-0.2, -0.15) is 0 Å². The van der Waals surface area contributed by atoms with Crippen molar-refractivity contribution in [3.8, 4) is 11.8 Å². The van der Waals surface area contributed by atoms with Crippen LogP contribution < -0.4 is 10.6 Å². The fourth-order valence-corrected chi connectivity index (χ4v) is 5.40. The van der Waals surface area contributed by atoms with E-state index in [0.29, 0.717) is 0 Å². The van der Waals surface area contributed by atoms with Crippen LogP contribution in [0.5, 0.6) is 0 Å². The highest BCUT2D eigenvalue weighted by Crippen LogP contribution is 2.31. The Labute approximate surface area is 204 Å². The van der Waals surface area contributed by atoms with Crippen LogP contribution in [0.15, 0.2) is 42.5 Å². The molecule has 0 aromatic heterocycles. The number of amides is 2. The van der Waals surface area contributed by atoms with E-state index in [1.807, 2.05) is 0 Å². The van der Waals surface area contributed by atoms with Crippen molar-refractivity contribution in [3.63, 3.8) is 0 Å². The first kappa shape index (κ1) is 25.9. The average Bonchev–Trinajstić information content (AvgIpc) is 2.85. The highest BCUT2D eigenvalue weighted by molar-refractivity contribution is 7.81. The Bertz CT molecular complexity index is 1080. The van der Waals surface area contributed by atoms with E-state index < -0.39 is 11.0 Å². The maximum atomic E-state index is 12.4. The molecule has 0 saturated carbocycles. The number of hydrogen-bond acceptors (Lipinski definition) is 4. The van der Waals surface area contributed by atoms with Gasteiger partial charge >= 0.3 is 0 Å². The van der Waals surface area contributed by atoms with Crippen molar-refractivity contribution < 1.29 is 13.8 Å². The van der Waals surface area contributed by atoms with Crippen molar-refractivity contribution in [1.29, 1.82) is 0 Å². The van der Waals surface area contributed by atoms with E-state index >= 15 is 0 Å². The van der Waals surface area contributed by atoms with Crippen molar-refractivity contribution in [2.75, 3.05) is 39.0 Å². The summed E-state index contributed by atoms with van der Waals surface area (Å²) in [6.45, 7) is 5.82. The van der Waals surface area contributed by atoms with Gasteiger partial charge in [0.15, 0.2) is 0 Å². The van der Waals surface area contributed by atoms with Gasteiger partial charge in [0.05, 0.1) is 30.6 Å². The van der Waals surface area contributed by atoms with Crippen molar-refractivity contribution in [3.05, 3.63) is 48.0 Å². The van der Waals surface area contributed by atoms with Gasteiger partial charge in [0, 0.05) is 31.4 Å². The first-order valence-corrected chi connectivity index (χ1v) is 13.2. The monoisotopic (exact) mass is 482 g/mol. The predicted octanol–water partition coefficient (Wildman–Crippen LogP) is 2.22. The van der Waals surface area contributed by atoms with Gasteiger partial charge in [-0.1, -0.05) is 48.4 Å². The Kier molecular flexibility index (Phi) is 9.63. The number of fused-ring (bicyclic) bond motifs is 1. The molecule has 2 N–H and O–H groups in total.